The Hall–Kier alpha value is -5.41. The highest BCUT2D eigenvalue weighted by atomic mass is 31.2. The van der Waals surface area contributed by atoms with Gasteiger partial charge in [-0.25, -0.2) is 0 Å². The molecule has 0 bridgehead atoms. The lowest BCUT2D eigenvalue weighted by Gasteiger charge is -2.28. The Kier molecular flexibility index (Phi) is 63.9. The molecular weight excluding hydrogens is 1130 g/mol. The van der Waals surface area contributed by atoms with Gasteiger partial charge < -0.3 is 27.9 Å². The molecule has 504 valence electrons. The maximum Gasteiger partial charge on any atom is 0.306 e. The molecule has 0 aliphatic carbocycles. The molecule has 0 fully saturated rings. The van der Waals surface area contributed by atoms with Crippen molar-refractivity contribution in [1.29, 1.82) is 0 Å². The number of ether oxygens (including phenoxy) is 2. The van der Waals surface area contributed by atoms with Gasteiger partial charge in [0, 0.05) is 12.8 Å². The SMILES string of the molecule is CC/C=C\C/C=C\C/C=C\C/C=C\C/C=C\C/C=C\C/C=C\C/C=C\C/C=C\CCCC(=O)OC(COC(=O)CCCCCCCCCCCCCC/C=C\C/C=C\C/C=C\C/C=C\C/C=C\C/C=C\C/C=C\C/C=C\CC)COP(=O)([O-])OCC[N+](C)(C)C. The van der Waals surface area contributed by atoms with Crippen LogP contribution < -0.4 is 4.89 Å². The molecule has 0 saturated carbocycles. The van der Waals surface area contributed by atoms with Crippen LogP contribution in [0.5, 0.6) is 0 Å². The van der Waals surface area contributed by atoms with Gasteiger partial charge in [-0.05, 0) is 141 Å². The largest absolute Gasteiger partial charge is 0.756 e. The molecule has 2 unspecified atom stereocenters. The molecule has 10 heteroatoms. The van der Waals surface area contributed by atoms with Crippen LogP contribution in [0.3, 0.4) is 0 Å². The van der Waals surface area contributed by atoms with Crippen molar-refractivity contribution in [3.63, 3.8) is 0 Å². The van der Waals surface area contributed by atoms with E-state index in [1.54, 1.807) is 0 Å². The minimum Gasteiger partial charge on any atom is -0.756 e. The molecule has 0 saturated heterocycles. The molecule has 0 aromatic heterocycles. The summed E-state index contributed by atoms with van der Waals surface area (Å²) in [5, 5.41) is 0. The summed E-state index contributed by atoms with van der Waals surface area (Å²) in [7, 11) is 1.10. The van der Waals surface area contributed by atoms with Crippen molar-refractivity contribution in [2.24, 2.45) is 0 Å². The summed E-state index contributed by atoms with van der Waals surface area (Å²) in [6.07, 6.45) is 108. The highest BCUT2D eigenvalue weighted by molar-refractivity contribution is 7.45. The van der Waals surface area contributed by atoms with Gasteiger partial charge in [-0.2, -0.15) is 0 Å². The number of rotatable bonds is 61. The molecule has 9 nitrogen and oxygen atoms in total. The molecule has 0 aliphatic heterocycles. The minimum atomic E-state index is -4.67. The third-order valence-corrected chi connectivity index (χ3v) is 14.8. The van der Waals surface area contributed by atoms with Crippen LogP contribution in [0.15, 0.2) is 207 Å². The number of hydrogen-bond acceptors (Lipinski definition) is 8. The third-order valence-electron chi connectivity index (χ3n) is 13.8. The number of quaternary nitrogens is 1. The fourth-order valence-electron chi connectivity index (χ4n) is 8.56. The van der Waals surface area contributed by atoms with Crippen LogP contribution in [0.25, 0.3) is 0 Å². The Balaban J connectivity index is 4.21. The Bertz CT molecular complexity index is 2270. The number of carbonyl (C=O) groups is 2. The monoisotopic (exact) mass is 1260 g/mol. The normalized spacial score (nSPS) is 14.4. The highest BCUT2D eigenvalue weighted by Gasteiger charge is 2.21. The predicted molar refractivity (Wildman–Crippen MR) is 387 cm³/mol. The number of likely N-dealkylation sites (N-methyl/N-ethyl adjacent to an activating group) is 1. The van der Waals surface area contributed by atoms with Gasteiger partial charge in [-0.3, -0.25) is 14.2 Å². The summed E-state index contributed by atoms with van der Waals surface area (Å²) in [6, 6.07) is 0. The first-order chi connectivity index (χ1) is 44.0. The fourth-order valence-corrected chi connectivity index (χ4v) is 9.28. The number of hydrogen-bond donors (Lipinski definition) is 0. The topological polar surface area (TPSA) is 111 Å². The zero-order valence-corrected chi connectivity index (χ0v) is 58.1. The molecule has 2 atom stereocenters. The molecular formula is C80H126NO8P. The van der Waals surface area contributed by atoms with E-state index in [0.717, 1.165) is 135 Å². The average Bonchev–Trinajstić information content (AvgIpc) is 3.58. The average molecular weight is 1260 g/mol. The number of phosphoric acid groups is 1. The molecule has 0 N–H and O–H groups in total. The molecule has 0 rings (SSSR count). The number of allylic oxidation sites excluding steroid dienone is 34. The van der Waals surface area contributed by atoms with Gasteiger partial charge >= 0.3 is 11.9 Å². The second-order valence-corrected chi connectivity index (χ2v) is 24.8. The van der Waals surface area contributed by atoms with Gasteiger partial charge in [0.1, 0.15) is 19.8 Å². The maximum atomic E-state index is 12.8. The number of unbranched alkanes of at least 4 members (excludes halogenated alkanes) is 13. The van der Waals surface area contributed by atoms with Crippen molar-refractivity contribution in [1.82, 2.24) is 0 Å². The second kappa shape index (κ2) is 68.0. The Morgan fingerprint density at radius 1 is 0.344 bits per heavy atom. The quantitative estimate of drug-likeness (QED) is 0.0195. The van der Waals surface area contributed by atoms with E-state index in [-0.39, 0.29) is 26.1 Å². The number of esters is 2. The third kappa shape index (κ3) is 71.7. The van der Waals surface area contributed by atoms with Gasteiger partial charge in [0.05, 0.1) is 27.7 Å². The van der Waals surface area contributed by atoms with Crippen LogP contribution in [0, 0.1) is 0 Å². The van der Waals surface area contributed by atoms with E-state index < -0.39 is 32.5 Å². The van der Waals surface area contributed by atoms with Gasteiger partial charge in [0.25, 0.3) is 7.82 Å². The van der Waals surface area contributed by atoms with E-state index in [4.69, 9.17) is 18.5 Å². The number of phosphoric ester groups is 1. The molecule has 90 heavy (non-hydrogen) atoms. The van der Waals surface area contributed by atoms with Crippen molar-refractivity contribution in [3.05, 3.63) is 207 Å². The molecule has 0 amide bonds. The van der Waals surface area contributed by atoms with Gasteiger partial charge in [-0.15, -0.1) is 0 Å². The smallest absolute Gasteiger partial charge is 0.306 e. The highest BCUT2D eigenvalue weighted by Crippen LogP contribution is 2.38. The lowest BCUT2D eigenvalue weighted by Crippen LogP contribution is -2.37. The molecule has 0 heterocycles. The van der Waals surface area contributed by atoms with E-state index in [9.17, 15) is 19.0 Å². The predicted octanol–water partition coefficient (Wildman–Crippen LogP) is 22.4. The first-order valence-electron chi connectivity index (χ1n) is 34.8. The van der Waals surface area contributed by atoms with Crippen molar-refractivity contribution in [2.45, 2.75) is 238 Å². The van der Waals surface area contributed by atoms with Crippen LogP contribution in [0.4, 0.5) is 0 Å². The molecule has 0 aromatic carbocycles. The molecule has 0 aliphatic rings. The van der Waals surface area contributed by atoms with Crippen molar-refractivity contribution < 1.29 is 42.1 Å². The fraction of sp³-hybridized carbons (Fsp3) is 0.550. The lowest BCUT2D eigenvalue weighted by atomic mass is 10.0. The summed E-state index contributed by atoms with van der Waals surface area (Å²) in [5.41, 5.74) is 0. The molecule has 0 radical (unpaired) electrons. The van der Waals surface area contributed by atoms with Crippen LogP contribution in [-0.4, -0.2) is 70.0 Å². The van der Waals surface area contributed by atoms with E-state index in [2.05, 4.69) is 214 Å². The van der Waals surface area contributed by atoms with Gasteiger partial charge in [0.15, 0.2) is 6.10 Å². The zero-order chi connectivity index (χ0) is 65.5. The van der Waals surface area contributed by atoms with Crippen LogP contribution in [0.1, 0.15) is 232 Å². The van der Waals surface area contributed by atoms with Crippen molar-refractivity contribution in [2.75, 3.05) is 47.5 Å². The van der Waals surface area contributed by atoms with Crippen molar-refractivity contribution in [3.8, 4) is 0 Å². The number of carbonyl (C=O) groups excluding carboxylic acids is 2. The van der Waals surface area contributed by atoms with E-state index in [1.165, 1.54) is 51.4 Å². The minimum absolute atomic E-state index is 0.0534. The van der Waals surface area contributed by atoms with Crippen molar-refractivity contribution >= 4 is 19.8 Å². The van der Waals surface area contributed by atoms with E-state index in [0.29, 0.717) is 30.3 Å². The summed E-state index contributed by atoms with van der Waals surface area (Å²) in [6.45, 7) is 3.92. The maximum absolute atomic E-state index is 12.8. The molecule has 0 aromatic rings. The van der Waals surface area contributed by atoms with E-state index in [1.807, 2.05) is 27.2 Å². The van der Waals surface area contributed by atoms with Crippen LogP contribution >= 0.6 is 7.82 Å². The lowest BCUT2D eigenvalue weighted by molar-refractivity contribution is -0.870. The molecule has 0 spiro atoms. The number of nitrogens with zero attached hydrogens (tertiary/aromatic N) is 1. The van der Waals surface area contributed by atoms with Crippen LogP contribution in [0.2, 0.25) is 0 Å². The Morgan fingerprint density at radius 2 is 0.611 bits per heavy atom. The Morgan fingerprint density at radius 3 is 0.922 bits per heavy atom. The second-order valence-electron chi connectivity index (χ2n) is 23.4. The summed E-state index contributed by atoms with van der Waals surface area (Å²) >= 11 is 0. The van der Waals surface area contributed by atoms with Crippen LogP contribution in [-0.2, 0) is 32.7 Å². The summed E-state index contributed by atoms with van der Waals surface area (Å²) < 4.78 is 34.2. The summed E-state index contributed by atoms with van der Waals surface area (Å²) in [5.74, 6) is -0.921. The Labute approximate surface area is 551 Å². The summed E-state index contributed by atoms with van der Waals surface area (Å²) in [4.78, 5) is 38.0. The van der Waals surface area contributed by atoms with Gasteiger partial charge in [-0.1, -0.05) is 285 Å². The zero-order valence-electron chi connectivity index (χ0n) is 57.2. The standard InChI is InChI=1S/C80H126NO8P/c1-6-8-10-12-14-16-18-20-22-24-26-28-30-32-34-36-37-38-39-40-41-42-43-45-46-48-50-52-54-56-58-60-62-64-66-68-70-72-79(82)86-76-78(77-88-90(84,85)87-75-74-81(3,4)5)89-80(83)73-71-69-67-65-63-61-59-57-55-53-51-49-47-44-35-33-31-29-27-25-23-21-19-17-15-13-11-9-7-2/h8-11,14-17,20-23,26-29,32-35,37-38,40-41,43,45,47,49,53,55,59,61,65,67,78H,6-7,12-13,18-19,24-25,30-31,36,39,42,44,46,48,50-52,54,56-58,60,62-64,66,68-77H2,1-5H3/b10-8-,11-9-,16-14-,17-15-,22-20-,23-21-,28-26-,29-27-,34-32-,35-33-,38-37-,41-40-,45-43-,49-47-,55-53-,61-59-,67-65-. The van der Waals surface area contributed by atoms with E-state index >= 15 is 0 Å². The first kappa shape index (κ1) is 84.6. The van der Waals surface area contributed by atoms with Gasteiger partial charge in [0.2, 0.25) is 0 Å². The first-order valence-corrected chi connectivity index (χ1v) is 36.3.